The van der Waals surface area contributed by atoms with Gasteiger partial charge in [0.25, 0.3) is 5.56 Å². The Morgan fingerprint density at radius 2 is 2.16 bits per heavy atom. The van der Waals surface area contributed by atoms with Crippen molar-refractivity contribution in [3.63, 3.8) is 0 Å². The zero-order valence-electron chi connectivity index (χ0n) is 9.57. The number of nitrogens with zero attached hydrogens (tertiary/aromatic N) is 4. The Balaban J connectivity index is 2.01. The Morgan fingerprint density at radius 3 is 3.05 bits per heavy atom. The average molecular weight is 269 g/mol. The van der Waals surface area contributed by atoms with Gasteiger partial charge >= 0.3 is 0 Å². The minimum Gasteiger partial charge on any atom is -0.321 e. The van der Waals surface area contributed by atoms with Gasteiger partial charge in [-0.15, -0.1) is 10.2 Å². The van der Waals surface area contributed by atoms with Crippen LogP contribution < -0.4 is 5.56 Å². The first-order valence-electron chi connectivity index (χ1n) is 5.60. The third kappa shape index (κ3) is 1.55. The molecule has 0 saturated carbocycles. The smallest absolute Gasteiger partial charge is 0.258 e. The van der Waals surface area contributed by atoms with E-state index in [1.54, 1.807) is 4.52 Å². The highest BCUT2D eigenvalue weighted by atomic mass is 32.1. The summed E-state index contributed by atoms with van der Waals surface area (Å²) < 4.78 is 1.56. The number of benzene rings is 1. The van der Waals surface area contributed by atoms with E-state index in [0.29, 0.717) is 15.5 Å². The molecule has 0 aliphatic heterocycles. The Morgan fingerprint density at radius 1 is 1.26 bits per heavy atom. The first-order chi connectivity index (χ1) is 9.31. The lowest BCUT2D eigenvalue weighted by atomic mass is 10.1. The molecule has 0 aliphatic rings. The quantitative estimate of drug-likeness (QED) is 0.570. The number of nitrogens with one attached hydrogen (secondary N) is 1. The van der Waals surface area contributed by atoms with Gasteiger partial charge in [-0.25, -0.2) is 0 Å². The van der Waals surface area contributed by atoms with Crippen LogP contribution in [0.4, 0.5) is 0 Å². The van der Waals surface area contributed by atoms with Crippen molar-refractivity contribution in [1.82, 2.24) is 24.8 Å². The van der Waals surface area contributed by atoms with Crippen LogP contribution in [-0.2, 0) is 0 Å². The number of hydrogen-bond donors (Lipinski definition) is 1. The molecule has 4 aromatic rings. The number of aromatic amines is 1. The zero-order valence-corrected chi connectivity index (χ0v) is 10.4. The average Bonchev–Trinajstić information content (AvgIpc) is 2.98. The van der Waals surface area contributed by atoms with E-state index in [1.165, 1.54) is 17.7 Å². The highest BCUT2D eigenvalue weighted by Gasteiger charge is 2.12. The van der Waals surface area contributed by atoms with Crippen molar-refractivity contribution in [2.75, 3.05) is 0 Å². The summed E-state index contributed by atoms with van der Waals surface area (Å²) in [5.41, 5.74) is 1.22. The van der Waals surface area contributed by atoms with Crippen molar-refractivity contribution in [2.45, 2.75) is 0 Å². The minimum absolute atomic E-state index is 0.149. The highest BCUT2D eigenvalue weighted by molar-refractivity contribution is 7.19. The van der Waals surface area contributed by atoms with Gasteiger partial charge in [0.2, 0.25) is 4.96 Å². The molecule has 92 valence electrons. The number of fused-ring (bicyclic) bond motifs is 2. The lowest BCUT2D eigenvalue weighted by Gasteiger charge is -1.99. The third-order valence-electron chi connectivity index (χ3n) is 2.87. The topological polar surface area (TPSA) is 75.9 Å². The molecule has 0 atom stereocenters. The molecule has 0 amide bonds. The summed E-state index contributed by atoms with van der Waals surface area (Å²) in [6.07, 6.45) is 1.52. The Bertz CT molecular complexity index is 923. The summed E-state index contributed by atoms with van der Waals surface area (Å²) in [6.45, 7) is 0. The third-order valence-corrected chi connectivity index (χ3v) is 3.82. The van der Waals surface area contributed by atoms with Gasteiger partial charge in [-0.1, -0.05) is 29.5 Å². The van der Waals surface area contributed by atoms with Gasteiger partial charge in [-0.3, -0.25) is 4.79 Å². The van der Waals surface area contributed by atoms with Gasteiger partial charge in [0.15, 0.2) is 5.01 Å². The molecule has 3 heterocycles. The number of H-pyrrole nitrogens is 1. The van der Waals surface area contributed by atoms with Crippen molar-refractivity contribution in [2.24, 2.45) is 0 Å². The molecule has 7 heteroatoms. The monoisotopic (exact) mass is 269 g/mol. The predicted molar refractivity (Wildman–Crippen MR) is 72.2 cm³/mol. The number of pyridine rings is 1. The maximum Gasteiger partial charge on any atom is 0.258 e. The molecule has 1 N–H and O–H groups in total. The van der Waals surface area contributed by atoms with Crippen LogP contribution in [0.5, 0.6) is 0 Å². The van der Waals surface area contributed by atoms with Crippen molar-refractivity contribution in [3.05, 3.63) is 47.0 Å². The van der Waals surface area contributed by atoms with Crippen molar-refractivity contribution < 1.29 is 0 Å². The fourth-order valence-electron chi connectivity index (χ4n) is 1.97. The van der Waals surface area contributed by atoms with Gasteiger partial charge in [-0.05, 0) is 17.5 Å². The van der Waals surface area contributed by atoms with Crippen LogP contribution in [0.15, 0.2) is 41.5 Å². The van der Waals surface area contributed by atoms with E-state index < -0.39 is 0 Å². The second kappa shape index (κ2) is 3.72. The van der Waals surface area contributed by atoms with Crippen molar-refractivity contribution in [1.29, 1.82) is 0 Å². The maximum absolute atomic E-state index is 12.1. The molecule has 4 rings (SSSR count). The van der Waals surface area contributed by atoms with Crippen LogP contribution in [0.3, 0.4) is 0 Å². The first-order valence-corrected chi connectivity index (χ1v) is 6.42. The van der Waals surface area contributed by atoms with E-state index in [2.05, 4.69) is 20.3 Å². The van der Waals surface area contributed by atoms with Crippen LogP contribution >= 0.6 is 11.3 Å². The zero-order chi connectivity index (χ0) is 12.8. The van der Waals surface area contributed by atoms with Crippen LogP contribution in [0.25, 0.3) is 26.4 Å². The van der Waals surface area contributed by atoms with E-state index in [1.807, 2.05) is 30.3 Å². The number of para-hydroxylation sites is 1. The molecule has 3 aromatic heterocycles. The maximum atomic E-state index is 12.1. The van der Waals surface area contributed by atoms with E-state index in [9.17, 15) is 4.79 Å². The molecule has 0 unspecified atom stereocenters. The highest BCUT2D eigenvalue weighted by Crippen LogP contribution is 2.23. The van der Waals surface area contributed by atoms with Gasteiger partial charge in [0.05, 0.1) is 5.56 Å². The Labute approximate surface area is 110 Å². The van der Waals surface area contributed by atoms with Gasteiger partial charge in [-0.2, -0.15) is 9.61 Å². The summed E-state index contributed by atoms with van der Waals surface area (Å²) in [6, 6.07) is 9.50. The van der Waals surface area contributed by atoms with Crippen molar-refractivity contribution in [3.8, 4) is 10.6 Å². The standard InChI is InChI=1S/C12H7N5OS/c18-10-8(5-7-3-1-2-4-9(7)14-10)11-16-17-6-13-15-12(17)19-11/h1-6H,(H,14,18). The van der Waals surface area contributed by atoms with E-state index in [-0.39, 0.29) is 5.56 Å². The molecule has 1 aromatic carbocycles. The fourth-order valence-corrected chi connectivity index (χ4v) is 2.81. The Kier molecular flexibility index (Phi) is 2.04. The second-order valence-electron chi connectivity index (χ2n) is 4.06. The van der Waals surface area contributed by atoms with Crippen LogP contribution in [-0.4, -0.2) is 24.8 Å². The molecule has 0 aliphatic carbocycles. The summed E-state index contributed by atoms with van der Waals surface area (Å²) >= 11 is 1.34. The molecule has 6 nitrogen and oxygen atoms in total. The number of hydrogen-bond acceptors (Lipinski definition) is 5. The van der Waals surface area contributed by atoms with E-state index in [4.69, 9.17) is 0 Å². The summed E-state index contributed by atoms with van der Waals surface area (Å²) in [4.78, 5) is 15.6. The van der Waals surface area contributed by atoms with Crippen LogP contribution in [0.2, 0.25) is 0 Å². The van der Waals surface area contributed by atoms with Crippen molar-refractivity contribution >= 4 is 27.2 Å². The fraction of sp³-hybridized carbons (Fsp3) is 0. The SMILES string of the molecule is O=c1[nH]c2ccccc2cc1-c1nn2cnnc2s1. The molecule has 0 bridgehead atoms. The van der Waals surface area contributed by atoms with Crippen LogP contribution in [0, 0.1) is 0 Å². The molecule has 0 fully saturated rings. The number of rotatable bonds is 1. The Hall–Kier alpha value is -2.54. The lowest BCUT2D eigenvalue weighted by molar-refractivity contribution is 0.958. The second-order valence-corrected chi connectivity index (χ2v) is 5.02. The molecule has 0 spiro atoms. The van der Waals surface area contributed by atoms with Gasteiger partial charge < -0.3 is 4.98 Å². The first kappa shape index (κ1) is 10.4. The summed E-state index contributed by atoms with van der Waals surface area (Å²) in [5.74, 6) is 0. The van der Waals surface area contributed by atoms with Crippen LogP contribution in [0.1, 0.15) is 0 Å². The number of aromatic nitrogens is 5. The summed E-state index contributed by atoms with van der Waals surface area (Å²) in [7, 11) is 0. The van der Waals surface area contributed by atoms with Gasteiger partial charge in [0.1, 0.15) is 6.33 Å². The van der Waals surface area contributed by atoms with E-state index in [0.717, 1.165) is 10.9 Å². The van der Waals surface area contributed by atoms with Gasteiger partial charge in [0, 0.05) is 5.52 Å². The minimum atomic E-state index is -0.149. The molecule has 0 radical (unpaired) electrons. The predicted octanol–water partition coefficient (Wildman–Crippen LogP) is 1.69. The normalized spacial score (nSPS) is 11.4. The molecular weight excluding hydrogens is 262 g/mol. The van der Waals surface area contributed by atoms with E-state index >= 15 is 0 Å². The molecule has 0 saturated heterocycles. The molecular formula is C12H7N5OS. The largest absolute Gasteiger partial charge is 0.321 e. The lowest BCUT2D eigenvalue weighted by Crippen LogP contribution is -2.08. The summed E-state index contributed by atoms with van der Waals surface area (Å²) in [5, 5.41) is 13.6. The molecule has 19 heavy (non-hydrogen) atoms.